The molecule has 2 aromatic carbocycles. The van der Waals surface area contributed by atoms with Crippen LogP contribution in [0.1, 0.15) is 5.56 Å². The molecule has 20 heavy (non-hydrogen) atoms. The van der Waals surface area contributed by atoms with Gasteiger partial charge in [-0.2, -0.15) is 5.26 Å². The summed E-state index contributed by atoms with van der Waals surface area (Å²) in [7, 11) is 0. The largest absolute Gasteiger partial charge is 0.483 e. The van der Waals surface area contributed by atoms with Crippen molar-refractivity contribution in [3.05, 3.63) is 58.6 Å². The molecule has 0 radical (unpaired) electrons. The van der Waals surface area contributed by atoms with E-state index in [2.05, 4.69) is 21.2 Å². The minimum Gasteiger partial charge on any atom is -0.483 e. The maximum absolute atomic E-state index is 11.7. The Morgan fingerprint density at radius 2 is 1.90 bits per heavy atom. The first-order chi connectivity index (χ1) is 9.69. The molecule has 0 saturated heterocycles. The summed E-state index contributed by atoms with van der Waals surface area (Å²) in [6, 6.07) is 16.0. The van der Waals surface area contributed by atoms with Crippen LogP contribution in [0.4, 0.5) is 5.69 Å². The second-order valence-corrected chi connectivity index (χ2v) is 4.81. The van der Waals surface area contributed by atoms with E-state index in [9.17, 15) is 4.79 Å². The smallest absolute Gasteiger partial charge is 0.262 e. The predicted molar refractivity (Wildman–Crippen MR) is 79.4 cm³/mol. The van der Waals surface area contributed by atoms with Gasteiger partial charge in [0.15, 0.2) is 6.61 Å². The highest BCUT2D eigenvalue weighted by atomic mass is 79.9. The van der Waals surface area contributed by atoms with Crippen LogP contribution in [0.5, 0.6) is 5.75 Å². The summed E-state index contributed by atoms with van der Waals surface area (Å²) in [6.07, 6.45) is 0. The zero-order chi connectivity index (χ0) is 14.4. The third-order valence-corrected chi connectivity index (χ3v) is 3.15. The van der Waals surface area contributed by atoms with E-state index in [0.29, 0.717) is 17.0 Å². The monoisotopic (exact) mass is 330 g/mol. The molecular weight excluding hydrogens is 320 g/mol. The standard InChI is InChI=1S/C15H11BrN2O2/c16-13-3-1-2-4-14(13)20-10-15(19)18-12-7-5-11(9-17)6-8-12/h1-8H,10H2,(H,18,19). The van der Waals surface area contributed by atoms with Crippen molar-refractivity contribution in [2.75, 3.05) is 11.9 Å². The summed E-state index contributed by atoms with van der Waals surface area (Å²) in [5.41, 5.74) is 1.18. The molecule has 0 bridgehead atoms. The average Bonchev–Trinajstić information content (AvgIpc) is 2.47. The highest BCUT2D eigenvalue weighted by Gasteiger charge is 2.05. The Hall–Kier alpha value is -2.32. The van der Waals surface area contributed by atoms with Gasteiger partial charge in [-0.15, -0.1) is 0 Å². The number of benzene rings is 2. The van der Waals surface area contributed by atoms with Crippen LogP contribution < -0.4 is 10.1 Å². The van der Waals surface area contributed by atoms with Crippen LogP contribution in [-0.4, -0.2) is 12.5 Å². The van der Waals surface area contributed by atoms with E-state index in [1.807, 2.05) is 24.3 Å². The molecular formula is C15H11BrN2O2. The van der Waals surface area contributed by atoms with E-state index >= 15 is 0 Å². The zero-order valence-electron chi connectivity index (χ0n) is 10.5. The Bertz CT molecular complexity index is 648. The van der Waals surface area contributed by atoms with Crippen LogP contribution in [-0.2, 0) is 4.79 Å². The normalized spacial score (nSPS) is 9.60. The number of halogens is 1. The maximum Gasteiger partial charge on any atom is 0.262 e. The second-order valence-electron chi connectivity index (χ2n) is 3.96. The fourth-order valence-corrected chi connectivity index (χ4v) is 1.93. The summed E-state index contributed by atoms with van der Waals surface area (Å²) < 4.78 is 6.20. The molecule has 100 valence electrons. The number of rotatable bonds is 4. The number of para-hydroxylation sites is 1. The molecule has 0 fully saturated rings. The number of nitrogens with one attached hydrogen (secondary N) is 1. The molecule has 0 aliphatic carbocycles. The average molecular weight is 331 g/mol. The fraction of sp³-hybridized carbons (Fsp3) is 0.0667. The third-order valence-electron chi connectivity index (χ3n) is 2.49. The lowest BCUT2D eigenvalue weighted by Crippen LogP contribution is -2.20. The molecule has 0 spiro atoms. The maximum atomic E-state index is 11.7. The lowest BCUT2D eigenvalue weighted by atomic mass is 10.2. The number of carbonyl (C=O) groups is 1. The Balaban J connectivity index is 1.89. The second kappa shape index (κ2) is 6.73. The van der Waals surface area contributed by atoms with E-state index in [0.717, 1.165) is 4.47 Å². The van der Waals surface area contributed by atoms with Gasteiger partial charge in [-0.1, -0.05) is 12.1 Å². The van der Waals surface area contributed by atoms with Gasteiger partial charge in [0, 0.05) is 5.69 Å². The summed E-state index contributed by atoms with van der Waals surface area (Å²) in [6.45, 7) is -0.0807. The Kier molecular flexibility index (Phi) is 4.75. The molecule has 0 aliphatic heterocycles. The minimum absolute atomic E-state index is 0.0807. The van der Waals surface area contributed by atoms with Crippen LogP contribution >= 0.6 is 15.9 Å². The molecule has 0 atom stereocenters. The number of hydrogen-bond donors (Lipinski definition) is 1. The Morgan fingerprint density at radius 1 is 1.20 bits per heavy atom. The molecule has 0 saturated carbocycles. The first-order valence-electron chi connectivity index (χ1n) is 5.86. The summed E-state index contributed by atoms with van der Waals surface area (Å²) >= 11 is 3.34. The topological polar surface area (TPSA) is 62.1 Å². The van der Waals surface area contributed by atoms with Crippen molar-refractivity contribution in [1.29, 1.82) is 5.26 Å². The predicted octanol–water partition coefficient (Wildman–Crippen LogP) is 3.34. The van der Waals surface area contributed by atoms with Crippen molar-refractivity contribution in [3.63, 3.8) is 0 Å². The number of amides is 1. The molecule has 0 unspecified atom stereocenters. The van der Waals surface area contributed by atoms with Crippen LogP contribution in [0.25, 0.3) is 0 Å². The summed E-state index contributed by atoms with van der Waals surface area (Å²) in [5.74, 6) is 0.355. The van der Waals surface area contributed by atoms with Crippen molar-refractivity contribution in [2.45, 2.75) is 0 Å². The van der Waals surface area contributed by atoms with Crippen molar-refractivity contribution in [2.24, 2.45) is 0 Å². The number of nitriles is 1. The van der Waals surface area contributed by atoms with Crippen LogP contribution in [0.15, 0.2) is 53.0 Å². The molecule has 0 aromatic heterocycles. The van der Waals surface area contributed by atoms with Crippen LogP contribution in [0.2, 0.25) is 0 Å². The van der Waals surface area contributed by atoms with E-state index < -0.39 is 0 Å². The Labute approximate surface area is 125 Å². The number of carbonyl (C=O) groups excluding carboxylic acids is 1. The highest BCUT2D eigenvalue weighted by molar-refractivity contribution is 9.10. The van der Waals surface area contributed by atoms with Crippen LogP contribution in [0, 0.1) is 11.3 Å². The van der Waals surface area contributed by atoms with Gasteiger partial charge in [-0.05, 0) is 52.3 Å². The van der Waals surface area contributed by atoms with Gasteiger partial charge in [0.05, 0.1) is 16.1 Å². The number of anilines is 1. The number of hydrogen-bond acceptors (Lipinski definition) is 3. The molecule has 1 N–H and O–H groups in total. The van der Waals surface area contributed by atoms with E-state index in [1.54, 1.807) is 30.3 Å². The van der Waals surface area contributed by atoms with Crippen molar-refractivity contribution < 1.29 is 9.53 Å². The quantitative estimate of drug-likeness (QED) is 0.935. The third kappa shape index (κ3) is 3.84. The lowest BCUT2D eigenvalue weighted by molar-refractivity contribution is -0.118. The van der Waals surface area contributed by atoms with E-state index in [1.165, 1.54) is 0 Å². The first kappa shape index (κ1) is 14.1. The van der Waals surface area contributed by atoms with Gasteiger partial charge in [-0.3, -0.25) is 4.79 Å². The first-order valence-corrected chi connectivity index (χ1v) is 6.65. The van der Waals surface area contributed by atoms with Crippen molar-refractivity contribution in [1.82, 2.24) is 0 Å². The molecule has 5 heteroatoms. The molecule has 4 nitrogen and oxygen atoms in total. The number of ether oxygens (including phenoxy) is 1. The van der Waals surface area contributed by atoms with Gasteiger partial charge in [-0.25, -0.2) is 0 Å². The van der Waals surface area contributed by atoms with Gasteiger partial charge in [0.2, 0.25) is 0 Å². The molecule has 0 aliphatic rings. The summed E-state index contributed by atoms with van der Waals surface area (Å²) in [4.78, 5) is 11.7. The van der Waals surface area contributed by atoms with Crippen molar-refractivity contribution >= 4 is 27.5 Å². The molecule has 1 amide bonds. The van der Waals surface area contributed by atoms with E-state index in [-0.39, 0.29) is 12.5 Å². The van der Waals surface area contributed by atoms with Gasteiger partial charge in [0.25, 0.3) is 5.91 Å². The number of nitrogens with zero attached hydrogens (tertiary/aromatic N) is 1. The molecule has 2 rings (SSSR count). The SMILES string of the molecule is N#Cc1ccc(NC(=O)COc2ccccc2Br)cc1. The Morgan fingerprint density at radius 3 is 2.55 bits per heavy atom. The summed E-state index contributed by atoms with van der Waals surface area (Å²) in [5, 5.41) is 11.4. The molecule has 2 aromatic rings. The lowest BCUT2D eigenvalue weighted by Gasteiger charge is -2.08. The molecule has 0 heterocycles. The van der Waals surface area contributed by atoms with Crippen molar-refractivity contribution in [3.8, 4) is 11.8 Å². The fourth-order valence-electron chi connectivity index (χ4n) is 1.53. The van der Waals surface area contributed by atoms with Gasteiger partial charge >= 0.3 is 0 Å². The minimum atomic E-state index is -0.259. The van der Waals surface area contributed by atoms with Gasteiger partial charge < -0.3 is 10.1 Å². The van der Waals surface area contributed by atoms with Gasteiger partial charge in [0.1, 0.15) is 5.75 Å². The zero-order valence-corrected chi connectivity index (χ0v) is 12.1. The van der Waals surface area contributed by atoms with E-state index in [4.69, 9.17) is 10.00 Å². The highest BCUT2D eigenvalue weighted by Crippen LogP contribution is 2.23. The van der Waals surface area contributed by atoms with Crippen LogP contribution in [0.3, 0.4) is 0 Å².